The number of aryl methyl sites for hydroxylation is 1. The molecule has 1 aromatic carbocycles. The molecule has 196 valence electrons. The molecule has 1 aliphatic heterocycles. The molecule has 2 heterocycles. The van der Waals surface area contributed by atoms with Crippen LogP contribution in [-0.4, -0.2) is 84.5 Å². The highest BCUT2D eigenvalue weighted by Crippen LogP contribution is 2.25. The molecule has 12 heteroatoms. The standard InChI is InChI=1S/C24H35Cl2N9O/c1-5-35-10-8-17(22(36)28-9-11-34(3)4)20(14-35)31-21-12-15(2)29-24(32-21)33-23(27)30-16-6-7-18(25)19(26)13-16/h6-7,12-13,17,20H,5,8-11,14H2,1-4H3,(H,28,36)(H4,27,29,30,31,32,33). The van der Waals surface area contributed by atoms with Gasteiger partial charge in [-0.05, 0) is 58.7 Å². The number of likely N-dealkylation sites (N-methyl/N-ethyl adjacent to an activating group) is 2. The molecule has 1 saturated heterocycles. The van der Waals surface area contributed by atoms with E-state index in [9.17, 15) is 4.79 Å². The van der Waals surface area contributed by atoms with Gasteiger partial charge in [0.1, 0.15) is 5.82 Å². The molecule has 0 spiro atoms. The van der Waals surface area contributed by atoms with Crippen LogP contribution in [0.15, 0.2) is 29.3 Å². The number of guanidine groups is 1. The Bertz CT molecular complexity index is 1080. The fourth-order valence-electron chi connectivity index (χ4n) is 4.02. The molecular weight excluding hydrogens is 501 g/mol. The quantitative estimate of drug-likeness (QED) is 0.285. The zero-order chi connectivity index (χ0) is 26.2. The van der Waals surface area contributed by atoms with Crippen LogP contribution in [0.3, 0.4) is 0 Å². The largest absolute Gasteiger partial charge is 0.369 e. The smallest absolute Gasteiger partial charge is 0.254 e. The third-order valence-corrected chi connectivity index (χ3v) is 6.67. The van der Waals surface area contributed by atoms with E-state index in [0.29, 0.717) is 28.1 Å². The highest BCUT2D eigenvalue weighted by atomic mass is 35.5. The van der Waals surface area contributed by atoms with E-state index in [1.54, 1.807) is 18.2 Å². The number of carbonyl (C=O) groups is 1. The van der Waals surface area contributed by atoms with Crippen molar-refractivity contribution >= 4 is 52.5 Å². The minimum Gasteiger partial charge on any atom is -0.369 e. The number of anilines is 2. The van der Waals surface area contributed by atoms with E-state index >= 15 is 0 Å². The van der Waals surface area contributed by atoms with Crippen LogP contribution >= 0.6 is 23.2 Å². The van der Waals surface area contributed by atoms with Crippen molar-refractivity contribution in [2.45, 2.75) is 26.3 Å². The topological polar surface area (TPSA) is 124 Å². The third-order valence-electron chi connectivity index (χ3n) is 5.93. The first kappa shape index (κ1) is 27.9. The third kappa shape index (κ3) is 8.19. The van der Waals surface area contributed by atoms with Crippen molar-refractivity contribution in [3.63, 3.8) is 0 Å². The van der Waals surface area contributed by atoms with Crippen molar-refractivity contribution in [1.29, 1.82) is 0 Å². The molecule has 1 fully saturated rings. The van der Waals surface area contributed by atoms with Crippen LogP contribution in [0.2, 0.25) is 10.0 Å². The number of rotatable bonds is 9. The van der Waals surface area contributed by atoms with Gasteiger partial charge in [-0.25, -0.2) is 4.98 Å². The number of likely N-dealkylation sites (tertiary alicyclic amines) is 1. The summed E-state index contributed by atoms with van der Waals surface area (Å²) >= 11 is 12.0. The molecule has 1 aromatic heterocycles. The van der Waals surface area contributed by atoms with Gasteiger partial charge in [0.05, 0.1) is 22.0 Å². The Hall–Kier alpha value is -2.66. The first-order chi connectivity index (χ1) is 17.1. The van der Waals surface area contributed by atoms with Gasteiger partial charge in [0.15, 0.2) is 0 Å². The van der Waals surface area contributed by atoms with E-state index in [1.807, 2.05) is 32.0 Å². The highest BCUT2D eigenvalue weighted by Gasteiger charge is 2.34. The number of carbonyl (C=O) groups excluding carboxylic acids is 1. The minimum atomic E-state index is -0.168. The lowest BCUT2D eigenvalue weighted by molar-refractivity contribution is -0.126. The number of halogens is 2. The zero-order valence-electron chi connectivity index (χ0n) is 21.2. The maximum Gasteiger partial charge on any atom is 0.254 e. The Kier molecular flexibility index (Phi) is 10.1. The van der Waals surface area contributed by atoms with E-state index in [-0.39, 0.29) is 29.8 Å². The van der Waals surface area contributed by atoms with Crippen LogP contribution in [0, 0.1) is 12.8 Å². The highest BCUT2D eigenvalue weighted by molar-refractivity contribution is 6.42. The zero-order valence-corrected chi connectivity index (χ0v) is 22.7. The van der Waals surface area contributed by atoms with Crippen LogP contribution in [0.4, 0.5) is 17.5 Å². The van der Waals surface area contributed by atoms with Gasteiger partial charge in [0, 0.05) is 37.1 Å². The number of aliphatic imine (C=N–C) groups is 1. The van der Waals surface area contributed by atoms with Gasteiger partial charge in [0.2, 0.25) is 11.9 Å². The summed E-state index contributed by atoms with van der Waals surface area (Å²) in [5, 5.41) is 10.4. The van der Waals surface area contributed by atoms with Crippen molar-refractivity contribution in [3.8, 4) is 0 Å². The van der Waals surface area contributed by atoms with Crippen molar-refractivity contribution in [2.24, 2.45) is 16.6 Å². The number of hydrogen-bond donors (Lipinski definition) is 4. The first-order valence-electron chi connectivity index (χ1n) is 12.0. The number of aromatic nitrogens is 2. The first-order valence-corrected chi connectivity index (χ1v) is 12.7. The summed E-state index contributed by atoms with van der Waals surface area (Å²) in [4.78, 5) is 30.6. The van der Waals surface area contributed by atoms with Crippen molar-refractivity contribution in [3.05, 3.63) is 40.0 Å². The van der Waals surface area contributed by atoms with Gasteiger partial charge in [-0.15, -0.1) is 0 Å². The van der Waals surface area contributed by atoms with Gasteiger partial charge in [-0.3, -0.25) is 4.79 Å². The van der Waals surface area contributed by atoms with Crippen LogP contribution < -0.4 is 21.7 Å². The number of nitrogens with one attached hydrogen (secondary N) is 3. The van der Waals surface area contributed by atoms with Crippen LogP contribution in [0.5, 0.6) is 0 Å². The van der Waals surface area contributed by atoms with Crippen LogP contribution in [-0.2, 0) is 4.79 Å². The fourth-order valence-corrected chi connectivity index (χ4v) is 4.32. The maximum absolute atomic E-state index is 13.0. The molecule has 5 N–H and O–H groups in total. The number of amides is 1. The van der Waals surface area contributed by atoms with E-state index in [4.69, 9.17) is 28.9 Å². The molecule has 2 aromatic rings. The SMILES string of the molecule is CCN1CCC(C(=O)NCCN(C)C)C(Nc2cc(C)nc(/N=C(\N)Nc3ccc(Cl)c(Cl)c3)n2)C1. The van der Waals surface area contributed by atoms with E-state index < -0.39 is 0 Å². The number of hydrogen-bond acceptors (Lipinski definition) is 7. The van der Waals surface area contributed by atoms with Gasteiger partial charge in [0.25, 0.3) is 5.95 Å². The molecular formula is C24H35Cl2N9O. The summed E-state index contributed by atoms with van der Waals surface area (Å²) < 4.78 is 0. The average molecular weight is 537 g/mol. The predicted octanol–water partition coefficient (Wildman–Crippen LogP) is 2.95. The van der Waals surface area contributed by atoms with Gasteiger partial charge < -0.3 is 31.5 Å². The Morgan fingerprint density at radius 2 is 2.03 bits per heavy atom. The number of benzene rings is 1. The molecule has 1 amide bonds. The second kappa shape index (κ2) is 13.0. The molecule has 3 rings (SSSR count). The molecule has 0 saturated carbocycles. The summed E-state index contributed by atoms with van der Waals surface area (Å²) in [6, 6.07) is 6.81. The summed E-state index contributed by atoms with van der Waals surface area (Å²) in [5.74, 6) is 0.802. The van der Waals surface area contributed by atoms with Crippen molar-refractivity contribution in [2.75, 3.05) is 57.5 Å². The molecule has 1 aliphatic rings. The lowest BCUT2D eigenvalue weighted by Gasteiger charge is -2.38. The predicted molar refractivity (Wildman–Crippen MR) is 147 cm³/mol. The van der Waals surface area contributed by atoms with Crippen molar-refractivity contribution < 1.29 is 4.79 Å². The lowest BCUT2D eigenvalue weighted by Crippen LogP contribution is -2.53. The normalized spacial score (nSPS) is 18.8. The monoisotopic (exact) mass is 535 g/mol. The van der Waals surface area contributed by atoms with Gasteiger partial charge >= 0.3 is 0 Å². The second-order valence-electron chi connectivity index (χ2n) is 9.08. The van der Waals surface area contributed by atoms with E-state index in [1.165, 1.54) is 0 Å². The van der Waals surface area contributed by atoms with Crippen molar-refractivity contribution in [1.82, 2.24) is 25.1 Å². The van der Waals surface area contributed by atoms with E-state index in [2.05, 4.69) is 42.7 Å². The Morgan fingerprint density at radius 1 is 1.25 bits per heavy atom. The molecule has 36 heavy (non-hydrogen) atoms. The van der Waals surface area contributed by atoms with Crippen LogP contribution in [0.1, 0.15) is 19.0 Å². The van der Waals surface area contributed by atoms with Crippen LogP contribution in [0.25, 0.3) is 0 Å². The number of nitrogens with zero attached hydrogens (tertiary/aromatic N) is 5. The summed E-state index contributed by atoms with van der Waals surface area (Å²) in [6.07, 6.45) is 0.773. The minimum absolute atomic E-state index is 0.0594. The molecule has 2 atom stereocenters. The summed E-state index contributed by atoms with van der Waals surface area (Å²) in [5.41, 5.74) is 7.44. The molecule has 2 unspecified atom stereocenters. The summed E-state index contributed by atoms with van der Waals surface area (Å²) in [6.45, 7) is 7.94. The Labute approximate surface area is 222 Å². The Balaban J connectivity index is 1.74. The Morgan fingerprint density at radius 3 is 2.72 bits per heavy atom. The number of piperidine rings is 1. The fraction of sp³-hybridized carbons (Fsp3) is 0.500. The van der Waals surface area contributed by atoms with Gasteiger partial charge in [-0.2, -0.15) is 9.98 Å². The van der Waals surface area contributed by atoms with Gasteiger partial charge in [-0.1, -0.05) is 30.1 Å². The molecule has 0 radical (unpaired) electrons. The maximum atomic E-state index is 13.0. The second-order valence-corrected chi connectivity index (χ2v) is 9.89. The number of nitrogens with two attached hydrogens (primary N) is 1. The average Bonchev–Trinajstić information content (AvgIpc) is 2.80. The lowest BCUT2D eigenvalue weighted by atomic mass is 9.90. The molecule has 10 nitrogen and oxygen atoms in total. The van der Waals surface area contributed by atoms with E-state index in [0.717, 1.165) is 38.3 Å². The summed E-state index contributed by atoms with van der Waals surface area (Å²) in [7, 11) is 3.97. The molecule has 0 aliphatic carbocycles. The molecule has 0 bridgehead atoms.